The van der Waals surface area contributed by atoms with Gasteiger partial charge in [-0.15, -0.1) is 0 Å². The third-order valence-corrected chi connectivity index (χ3v) is 5.55. The van der Waals surface area contributed by atoms with Gasteiger partial charge in [-0.1, -0.05) is 55.1 Å². The standard InChI is InChI=1S/C29H41NO4/c1-5-6-19-32-28-22-24(2)29(25(3)23-28)34-20-12-10-8-7-9-11-13-26-14-16-27(17-15-26)33-21-18-30-31-4/h5-6,14-18,22-23H,7-13,19-21H2,1-4H3/b6-5+,30-18+. The van der Waals surface area contributed by atoms with E-state index in [2.05, 4.69) is 48.1 Å². The SMILES string of the molecule is C/C=C/COc1cc(C)c(OCCCCCCCCc2ccc(OC/C=N/OC)cc2)c(C)c1. The molecule has 0 aliphatic rings. The van der Waals surface area contributed by atoms with Crippen molar-refractivity contribution < 1.29 is 19.0 Å². The highest BCUT2D eigenvalue weighted by Gasteiger charge is 2.07. The Bertz CT molecular complexity index is 851. The molecule has 0 unspecified atom stereocenters. The molecule has 0 bridgehead atoms. The van der Waals surface area contributed by atoms with Crippen molar-refractivity contribution in [3.8, 4) is 17.2 Å². The monoisotopic (exact) mass is 467 g/mol. The number of oxime groups is 1. The predicted octanol–water partition coefficient (Wildman–Crippen LogP) is 7.23. The van der Waals surface area contributed by atoms with Crippen LogP contribution in [0.3, 0.4) is 0 Å². The molecular formula is C29H41NO4. The van der Waals surface area contributed by atoms with E-state index in [1.807, 2.05) is 31.2 Å². The summed E-state index contributed by atoms with van der Waals surface area (Å²) in [6.45, 7) is 7.95. The van der Waals surface area contributed by atoms with Gasteiger partial charge in [0, 0.05) is 0 Å². The van der Waals surface area contributed by atoms with Gasteiger partial charge in [-0.25, -0.2) is 0 Å². The summed E-state index contributed by atoms with van der Waals surface area (Å²) in [6, 6.07) is 12.4. The van der Waals surface area contributed by atoms with Gasteiger partial charge in [-0.2, -0.15) is 0 Å². The maximum absolute atomic E-state index is 6.09. The Morgan fingerprint density at radius 3 is 2.09 bits per heavy atom. The molecular weight excluding hydrogens is 426 g/mol. The van der Waals surface area contributed by atoms with Crippen LogP contribution in [-0.2, 0) is 11.3 Å². The summed E-state index contributed by atoms with van der Waals surface area (Å²) >= 11 is 0. The minimum absolute atomic E-state index is 0.413. The summed E-state index contributed by atoms with van der Waals surface area (Å²) in [5.41, 5.74) is 3.63. The fourth-order valence-corrected chi connectivity index (χ4v) is 3.77. The maximum atomic E-state index is 6.09. The molecule has 0 heterocycles. The zero-order valence-corrected chi connectivity index (χ0v) is 21.3. The smallest absolute Gasteiger partial charge is 0.127 e. The number of hydrogen-bond donors (Lipinski definition) is 0. The molecule has 5 nitrogen and oxygen atoms in total. The van der Waals surface area contributed by atoms with Crippen LogP contribution in [0.4, 0.5) is 0 Å². The van der Waals surface area contributed by atoms with Gasteiger partial charge in [0.15, 0.2) is 0 Å². The number of aryl methyl sites for hydroxylation is 3. The van der Waals surface area contributed by atoms with E-state index in [1.54, 1.807) is 6.21 Å². The van der Waals surface area contributed by atoms with Crippen LogP contribution >= 0.6 is 0 Å². The Morgan fingerprint density at radius 1 is 0.765 bits per heavy atom. The number of ether oxygens (including phenoxy) is 3. The largest absolute Gasteiger partial charge is 0.493 e. The third-order valence-electron chi connectivity index (χ3n) is 5.55. The average Bonchev–Trinajstić information content (AvgIpc) is 2.83. The quantitative estimate of drug-likeness (QED) is 0.107. The molecule has 0 atom stereocenters. The van der Waals surface area contributed by atoms with Crippen molar-refractivity contribution in [3.63, 3.8) is 0 Å². The molecule has 0 aliphatic heterocycles. The van der Waals surface area contributed by atoms with E-state index in [0.717, 1.165) is 47.8 Å². The van der Waals surface area contributed by atoms with Gasteiger partial charge < -0.3 is 19.0 Å². The van der Waals surface area contributed by atoms with Crippen molar-refractivity contribution in [3.05, 3.63) is 65.2 Å². The lowest BCUT2D eigenvalue weighted by atomic mass is 10.0. The van der Waals surface area contributed by atoms with Gasteiger partial charge in [0.05, 0.1) is 12.8 Å². The molecule has 2 aromatic rings. The topological polar surface area (TPSA) is 49.3 Å². The highest BCUT2D eigenvalue weighted by Crippen LogP contribution is 2.28. The first kappa shape index (κ1) is 27.3. The number of benzene rings is 2. The highest BCUT2D eigenvalue weighted by molar-refractivity contribution is 5.58. The van der Waals surface area contributed by atoms with Gasteiger partial charge >= 0.3 is 0 Å². The van der Waals surface area contributed by atoms with Crippen molar-refractivity contribution in [2.75, 3.05) is 26.9 Å². The van der Waals surface area contributed by atoms with Gasteiger partial charge in [-0.05, 0) is 81.0 Å². The summed E-state index contributed by atoms with van der Waals surface area (Å²) < 4.78 is 17.4. The van der Waals surface area contributed by atoms with Gasteiger partial charge in [0.1, 0.15) is 37.6 Å². The van der Waals surface area contributed by atoms with E-state index < -0.39 is 0 Å². The van der Waals surface area contributed by atoms with Gasteiger partial charge in [-0.3, -0.25) is 0 Å². The van der Waals surface area contributed by atoms with Crippen LogP contribution in [0.1, 0.15) is 62.1 Å². The van der Waals surface area contributed by atoms with Crippen LogP contribution in [-0.4, -0.2) is 33.1 Å². The normalized spacial score (nSPS) is 11.3. The van der Waals surface area contributed by atoms with Crippen LogP contribution < -0.4 is 14.2 Å². The molecule has 0 amide bonds. The fourth-order valence-electron chi connectivity index (χ4n) is 3.77. The minimum Gasteiger partial charge on any atom is -0.493 e. The molecule has 0 fully saturated rings. The van der Waals surface area contributed by atoms with Crippen molar-refractivity contribution in [2.24, 2.45) is 5.16 Å². The van der Waals surface area contributed by atoms with Crippen molar-refractivity contribution in [2.45, 2.75) is 65.7 Å². The average molecular weight is 468 g/mol. The van der Waals surface area contributed by atoms with Crippen LogP contribution in [0.25, 0.3) is 0 Å². The number of nitrogens with zero attached hydrogens (tertiary/aromatic N) is 1. The highest BCUT2D eigenvalue weighted by atomic mass is 16.6. The van der Waals surface area contributed by atoms with E-state index in [1.165, 1.54) is 44.8 Å². The fraction of sp³-hybridized carbons (Fsp3) is 0.483. The molecule has 0 spiro atoms. The molecule has 186 valence electrons. The Morgan fingerprint density at radius 2 is 1.41 bits per heavy atom. The van der Waals surface area contributed by atoms with E-state index in [9.17, 15) is 0 Å². The van der Waals surface area contributed by atoms with E-state index in [0.29, 0.717) is 13.2 Å². The lowest BCUT2D eigenvalue weighted by Gasteiger charge is -2.14. The second-order valence-corrected chi connectivity index (χ2v) is 8.41. The Labute approximate surface area is 205 Å². The maximum Gasteiger partial charge on any atom is 0.127 e. The zero-order chi connectivity index (χ0) is 24.4. The van der Waals surface area contributed by atoms with Crippen LogP contribution in [0.2, 0.25) is 0 Å². The molecule has 34 heavy (non-hydrogen) atoms. The molecule has 0 N–H and O–H groups in total. The molecule has 0 aromatic heterocycles. The molecule has 2 aromatic carbocycles. The summed E-state index contributed by atoms with van der Waals surface area (Å²) in [5, 5.41) is 3.66. The molecule has 0 saturated carbocycles. The number of rotatable bonds is 17. The second-order valence-electron chi connectivity index (χ2n) is 8.41. The van der Waals surface area contributed by atoms with Gasteiger partial charge in [0.2, 0.25) is 0 Å². The van der Waals surface area contributed by atoms with Crippen molar-refractivity contribution in [1.82, 2.24) is 0 Å². The summed E-state index contributed by atoms with van der Waals surface area (Å²) in [7, 11) is 1.52. The Balaban J connectivity index is 1.54. The summed E-state index contributed by atoms with van der Waals surface area (Å²) in [6.07, 6.45) is 14.0. The first-order chi connectivity index (χ1) is 16.6. The molecule has 0 radical (unpaired) electrons. The van der Waals surface area contributed by atoms with E-state index >= 15 is 0 Å². The zero-order valence-electron chi connectivity index (χ0n) is 21.3. The summed E-state index contributed by atoms with van der Waals surface area (Å²) in [5.74, 6) is 2.75. The Hall–Kier alpha value is -2.95. The predicted molar refractivity (Wildman–Crippen MR) is 141 cm³/mol. The first-order valence-corrected chi connectivity index (χ1v) is 12.4. The molecule has 0 aliphatic carbocycles. The molecule has 0 saturated heterocycles. The minimum atomic E-state index is 0.413. The van der Waals surface area contributed by atoms with E-state index in [-0.39, 0.29) is 0 Å². The second kappa shape index (κ2) is 16.6. The van der Waals surface area contributed by atoms with Crippen LogP contribution in [0.5, 0.6) is 17.2 Å². The Kier molecular flexibility index (Phi) is 13.4. The first-order valence-electron chi connectivity index (χ1n) is 12.4. The summed E-state index contributed by atoms with van der Waals surface area (Å²) in [4.78, 5) is 4.61. The lowest BCUT2D eigenvalue weighted by molar-refractivity contribution is 0.212. The third kappa shape index (κ3) is 10.8. The number of hydrogen-bond acceptors (Lipinski definition) is 5. The van der Waals surface area contributed by atoms with Crippen molar-refractivity contribution >= 4 is 6.21 Å². The number of allylic oxidation sites excluding steroid dienone is 1. The number of unbranched alkanes of at least 4 members (excludes halogenated alkanes) is 5. The van der Waals surface area contributed by atoms with E-state index in [4.69, 9.17) is 14.2 Å². The van der Waals surface area contributed by atoms with Crippen LogP contribution in [0.15, 0.2) is 53.7 Å². The lowest BCUT2D eigenvalue weighted by Crippen LogP contribution is -2.02. The molecule has 2 rings (SSSR count). The van der Waals surface area contributed by atoms with Crippen LogP contribution in [0, 0.1) is 13.8 Å². The van der Waals surface area contributed by atoms with Crippen molar-refractivity contribution in [1.29, 1.82) is 0 Å². The van der Waals surface area contributed by atoms with Gasteiger partial charge in [0.25, 0.3) is 0 Å². The molecule has 5 heteroatoms.